The van der Waals surface area contributed by atoms with Gasteiger partial charge in [-0.3, -0.25) is 5.43 Å². The lowest BCUT2D eigenvalue weighted by atomic mass is 10.2. The van der Waals surface area contributed by atoms with Crippen molar-refractivity contribution in [2.24, 2.45) is 15.3 Å². The molecule has 4 nitrogen and oxygen atoms in total. The SMILES string of the molecule is Brc1cccc(NN=C(N=Nc2ccccc2)c2ccccc2)c1. The second kappa shape index (κ2) is 8.17. The van der Waals surface area contributed by atoms with Gasteiger partial charge in [-0.2, -0.15) is 5.10 Å². The molecule has 0 saturated heterocycles. The number of nitrogens with zero attached hydrogens (tertiary/aromatic N) is 3. The molecule has 3 aromatic rings. The molecule has 118 valence electrons. The fourth-order valence-corrected chi connectivity index (χ4v) is 2.41. The molecule has 0 heterocycles. The predicted octanol–water partition coefficient (Wildman–Crippen LogP) is 6.01. The highest BCUT2D eigenvalue weighted by Crippen LogP contribution is 2.16. The van der Waals surface area contributed by atoms with Gasteiger partial charge in [0.25, 0.3) is 0 Å². The maximum absolute atomic E-state index is 4.41. The molecule has 0 amide bonds. The zero-order valence-corrected chi connectivity index (χ0v) is 14.4. The molecule has 0 aliphatic heterocycles. The van der Waals surface area contributed by atoms with Crippen LogP contribution in [0.3, 0.4) is 0 Å². The number of hydrogen-bond donors (Lipinski definition) is 1. The van der Waals surface area contributed by atoms with Gasteiger partial charge >= 0.3 is 0 Å². The minimum absolute atomic E-state index is 0.513. The van der Waals surface area contributed by atoms with Crippen LogP contribution in [0.5, 0.6) is 0 Å². The maximum Gasteiger partial charge on any atom is 0.201 e. The summed E-state index contributed by atoms with van der Waals surface area (Å²) in [5.74, 6) is 0.513. The van der Waals surface area contributed by atoms with Crippen molar-refractivity contribution in [3.63, 3.8) is 0 Å². The summed E-state index contributed by atoms with van der Waals surface area (Å²) in [5, 5.41) is 13.0. The summed E-state index contributed by atoms with van der Waals surface area (Å²) >= 11 is 3.44. The Hall–Kier alpha value is -2.79. The van der Waals surface area contributed by atoms with E-state index in [1.165, 1.54) is 0 Å². The van der Waals surface area contributed by atoms with Gasteiger partial charge in [-0.05, 0) is 30.3 Å². The van der Waals surface area contributed by atoms with Crippen molar-refractivity contribution in [3.05, 3.63) is 95.0 Å². The molecule has 0 saturated carbocycles. The molecule has 1 N–H and O–H groups in total. The van der Waals surface area contributed by atoms with Crippen LogP contribution in [0.1, 0.15) is 5.56 Å². The Bertz CT molecular complexity index is 846. The number of hydrogen-bond acceptors (Lipinski definition) is 3. The van der Waals surface area contributed by atoms with Crippen LogP contribution < -0.4 is 5.43 Å². The molecule has 0 bridgehead atoms. The fraction of sp³-hybridized carbons (Fsp3) is 0. The van der Waals surface area contributed by atoms with Crippen LogP contribution in [-0.4, -0.2) is 5.84 Å². The topological polar surface area (TPSA) is 49.1 Å². The number of azo groups is 1. The highest BCUT2D eigenvalue weighted by Gasteiger charge is 2.02. The number of anilines is 1. The molecular weight excluding hydrogens is 364 g/mol. The fourth-order valence-electron chi connectivity index (χ4n) is 2.01. The number of benzene rings is 3. The van der Waals surface area contributed by atoms with Crippen LogP contribution in [0.2, 0.25) is 0 Å². The molecular formula is C19H15BrN4. The van der Waals surface area contributed by atoms with E-state index >= 15 is 0 Å². The summed E-state index contributed by atoms with van der Waals surface area (Å²) in [7, 11) is 0. The Morgan fingerprint density at radius 3 is 2.21 bits per heavy atom. The van der Waals surface area contributed by atoms with Crippen molar-refractivity contribution in [2.45, 2.75) is 0 Å². The first-order valence-corrected chi connectivity index (χ1v) is 8.22. The lowest BCUT2D eigenvalue weighted by Crippen LogP contribution is -2.01. The zero-order valence-electron chi connectivity index (χ0n) is 12.8. The monoisotopic (exact) mass is 378 g/mol. The van der Waals surface area contributed by atoms with E-state index in [0.29, 0.717) is 5.84 Å². The first-order valence-electron chi connectivity index (χ1n) is 7.43. The van der Waals surface area contributed by atoms with E-state index in [-0.39, 0.29) is 0 Å². The highest BCUT2D eigenvalue weighted by atomic mass is 79.9. The highest BCUT2D eigenvalue weighted by molar-refractivity contribution is 9.10. The third-order valence-electron chi connectivity index (χ3n) is 3.16. The molecule has 24 heavy (non-hydrogen) atoms. The number of amidine groups is 1. The second-order valence-corrected chi connectivity index (χ2v) is 5.87. The van der Waals surface area contributed by atoms with Gasteiger partial charge in [0.15, 0.2) is 0 Å². The maximum atomic E-state index is 4.41. The molecule has 0 radical (unpaired) electrons. The third-order valence-corrected chi connectivity index (χ3v) is 3.66. The summed E-state index contributed by atoms with van der Waals surface area (Å²) in [6.07, 6.45) is 0. The van der Waals surface area contributed by atoms with Crippen molar-refractivity contribution in [1.29, 1.82) is 0 Å². The van der Waals surface area contributed by atoms with Crippen molar-refractivity contribution >= 4 is 33.1 Å². The van der Waals surface area contributed by atoms with Crippen molar-refractivity contribution < 1.29 is 0 Å². The molecule has 0 aromatic heterocycles. The normalized spacial score (nSPS) is 11.6. The number of hydrazone groups is 1. The summed E-state index contributed by atoms with van der Waals surface area (Å²) in [6.45, 7) is 0. The smallest absolute Gasteiger partial charge is 0.201 e. The van der Waals surface area contributed by atoms with Gasteiger partial charge in [-0.1, -0.05) is 70.5 Å². The predicted molar refractivity (Wildman–Crippen MR) is 102 cm³/mol. The van der Waals surface area contributed by atoms with Crippen LogP contribution in [0.25, 0.3) is 0 Å². The van der Waals surface area contributed by atoms with E-state index in [1.807, 2.05) is 84.9 Å². The van der Waals surface area contributed by atoms with E-state index in [4.69, 9.17) is 0 Å². The zero-order chi connectivity index (χ0) is 16.6. The Kier molecular flexibility index (Phi) is 5.48. The van der Waals surface area contributed by atoms with Crippen molar-refractivity contribution in [1.82, 2.24) is 0 Å². The summed E-state index contributed by atoms with van der Waals surface area (Å²) < 4.78 is 0.981. The average Bonchev–Trinajstić information content (AvgIpc) is 2.63. The number of halogens is 1. The van der Waals surface area contributed by atoms with Gasteiger partial charge < -0.3 is 0 Å². The Morgan fingerprint density at radius 2 is 1.50 bits per heavy atom. The summed E-state index contributed by atoms with van der Waals surface area (Å²) in [4.78, 5) is 0. The van der Waals surface area contributed by atoms with Crippen LogP contribution in [0.4, 0.5) is 11.4 Å². The first-order chi connectivity index (χ1) is 11.8. The molecule has 0 unspecified atom stereocenters. The van der Waals surface area contributed by atoms with Gasteiger partial charge in [-0.25, -0.2) is 0 Å². The largest absolute Gasteiger partial charge is 0.276 e. The molecule has 0 atom stereocenters. The average molecular weight is 379 g/mol. The van der Waals surface area contributed by atoms with Gasteiger partial charge in [0.1, 0.15) is 0 Å². The van der Waals surface area contributed by atoms with Crippen molar-refractivity contribution in [3.8, 4) is 0 Å². The Balaban J connectivity index is 1.87. The first kappa shape index (κ1) is 16.1. The number of rotatable bonds is 4. The molecule has 0 fully saturated rings. The lowest BCUT2D eigenvalue weighted by molar-refractivity contribution is 1.22. The van der Waals surface area contributed by atoms with Crippen LogP contribution in [0, 0.1) is 0 Å². The third kappa shape index (κ3) is 4.60. The van der Waals surface area contributed by atoms with E-state index in [2.05, 4.69) is 36.7 Å². The minimum atomic E-state index is 0.513. The second-order valence-electron chi connectivity index (χ2n) is 4.96. The quantitative estimate of drug-likeness (QED) is 0.257. The minimum Gasteiger partial charge on any atom is -0.276 e. The molecule has 0 aliphatic carbocycles. The van der Waals surface area contributed by atoms with Crippen LogP contribution in [-0.2, 0) is 0 Å². The van der Waals surface area contributed by atoms with Crippen LogP contribution in [0.15, 0.2) is 105 Å². The van der Waals surface area contributed by atoms with Crippen molar-refractivity contribution in [2.75, 3.05) is 5.43 Å². The summed E-state index contributed by atoms with van der Waals surface area (Å²) in [5.41, 5.74) is 5.56. The summed E-state index contributed by atoms with van der Waals surface area (Å²) in [6, 6.07) is 27.1. The molecule has 3 aromatic carbocycles. The van der Waals surface area contributed by atoms with Gasteiger partial charge in [0.05, 0.1) is 11.4 Å². The van der Waals surface area contributed by atoms with E-state index in [0.717, 1.165) is 21.4 Å². The van der Waals surface area contributed by atoms with E-state index < -0.39 is 0 Å². The molecule has 0 spiro atoms. The Morgan fingerprint density at radius 1 is 0.792 bits per heavy atom. The number of nitrogens with one attached hydrogen (secondary N) is 1. The van der Waals surface area contributed by atoms with E-state index in [9.17, 15) is 0 Å². The van der Waals surface area contributed by atoms with Gasteiger partial charge in [0.2, 0.25) is 5.84 Å². The Labute approximate surface area is 149 Å². The lowest BCUT2D eigenvalue weighted by Gasteiger charge is -2.04. The van der Waals surface area contributed by atoms with Gasteiger partial charge in [0, 0.05) is 10.0 Å². The molecule has 5 heteroatoms. The van der Waals surface area contributed by atoms with E-state index in [1.54, 1.807) is 0 Å². The standard InChI is InChI=1S/C19H15BrN4/c20-16-10-7-13-18(14-16)22-24-19(15-8-3-1-4-9-15)23-21-17-11-5-2-6-12-17/h1-14,22H. The molecule has 3 rings (SSSR count). The molecule has 0 aliphatic rings. The van der Waals surface area contributed by atoms with Gasteiger partial charge in [-0.15, -0.1) is 10.2 Å². The van der Waals surface area contributed by atoms with Crippen LogP contribution >= 0.6 is 15.9 Å².